The Kier molecular flexibility index (Phi) is 5.82. The minimum atomic E-state index is -0.220. The van der Waals surface area contributed by atoms with Gasteiger partial charge in [0.15, 0.2) is 0 Å². The van der Waals surface area contributed by atoms with Crippen LogP contribution in [0.3, 0.4) is 0 Å². The van der Waals surface area contributed by atoms with Gasteiger partial charge in [0, 0.05) is 51.4 Å². The zero-order valence-electron chi connectivity index (χ0n) is 13.6. The second-order valence-corrected chi connectivity index (χ2v) is 6.68. The van der Waals surface area contributed by atoms with Crippen LogP contribution in [0.15, 0.2) is 41.1 Å². The third-order valence-electron chi connectivity index (χ3n) is 4.25. The molecule has 2 aromatic rings. The number of hydrogen-bond acceptors (Lipinski definition) is 4. The SMILES string of the molecule is O=C(CCNCc1ccsc1)N1CCN(c2ccc(F)cc2)CC1. The van der Waals surface area contributed by atoms with E-state index in [1.54, 1.807) is 23.5 Å². The topological polar surface area (TPSA) is 35.6 Å². The van der Waals surface area contributed by atoms with Crippen molar-refractivity contribution in [2.45, 2.75) is 13.0 Å². The van der Waals surface area contributed by atoms with Crippen LogP contribution in [0.1, 0.15) is 12.0 Å². The van der Waals surface area contributed by atoms with Crippen LogP contribution in [-0.4, -0.2) is 43.5 Å². The Labute approximate surface area is 145 Å². The standard InChI is InChI=1S/C18H22FN3OS/c19-16-1-3-17(4-2-16)21-8-10-22(11-9-21)18(23)5-7-20-13-15-6-12-24-14-15/h1-4,6,12,14,20H,5,7-11,13H2. The molecule has 0 saturated carbocycles. The van der Waals surface area contributed by atoms with E-state index in [4.69, 9.17) is 0 Å². The first-order chi connectivity index (χ1) is 11.7. The van der Waals surface area contributed by atoms with E-state index in [-0.39, 0.29) is 11.7 Å². The van der Waals surface area contributed by atoms with Gasteiger partial charge in [-0.05, 0) is 46.7 Å². The number of piperazine rings is 1. The number of thiophene rings is 1. The van der Waals surface area contributed by atoms with E-state index in [9.17, 15) is 9.18 Å². The van der Waals surface area contributed by atoms with Gasteiger partial charge in [-0.25, -0.2) is 4.39 Å². The molecule has 0 atom stereocenters. The fourth-order valence-corrected chi connectivity index (χ4v) is 3.51. The highest BCUT2D eigenvalue weighted by molar-refractivity contribution is 7.07. The first kappa shape index (κ1) is 16.9. The number of halogens is 1. The summed E-state index contributed by atoms with van der Waals surface area (Å²) in [6.07, 6.45) is 0.528. The van der Waals surface area contributed by atoms with Crippen molar-refractivity contribution in [3.63, 3.8) is 0 Å². The molecule has 2 heterocycles. The summed E-state index contributed by atoms with van der Waals surface area (Å²) in [6.45, 7) is 4.54. The highest BCUT2D eigenvalue weighted by atomic mass is 32.1. The average Bonchev–Trinajstić information content (AvgIpc) is 3.13. The van der Waals surface area contributed by atoms with Gasteiger partial charge >= 0.3 is 0 Å². The molecule has 3 rings (SSSR count). The van der Waals surface area contributed by atoms with Crippen LogP contribution in [0.25, 0.3) is 0 Å². The van der Waals surface area contributed by atoms with Gasteiger partial charge in [0.05, 0.1) is 0 Å². The summed E-state index contributed by atoms with van der Waals surface area (Å²) < 4.78 is 13.0. The van der Waals surface area contributed by atoms with Gasteiger partial charge in [0.2, 0.25) is 5.91 Å². The molecule has 4 nitrogen and oxygen atoms in total. The Bertz CT molecular complexity index is 637. The lowest BCUT2D eigenvalue weighted by molar-refractivity contribution is -0.131. The van der Waals surface area contributed by atoms with E-state index < -0.39 is 0 Å². The van der Waals surface area contributed by atoms with Crippen molar-refractivity contribution in [1.82, 2.24) is 10.2 Å². The first-order valence-electron chi connectivity index (χ1n) is 8.22. The predicted molar refractivity (Wildman–Crippen MR) is 95.8 cm³/mol. The Morgan fingerprint density at radius 3 is 2.54 bits per heavy atom. The second-order valence-electron chi connectivity index (χ2n) is 5.90. The monoisotopic (exact) mass is 347 g/mol. The third kappa shape index (κ3) is 4.55. The van der Waals surface area contributed by atoms with E-state index in [0.717, 1.165) is 38.4 Å². The molecule has 6 heteroatoms. The van der Waals surface area contributed by atoms with Crippen LogP contribution in [0.5, 0.6) is 0 Å². The normalized spacial score (nSPS) is 14.9. The van der Waals surface area contributed by atoms with Crippen LogP contribution < -0.4 is 10.2 Å². The summed E-state index contributed by atoms with van der Waals surface area (Å²) in [7, 11) is 0. The Morgan fingerprint density at radius 2 is 1.88 bits per heavy atom. The molecule has 1 aromatic carbocycles. The van der Waals surface area contributed by atoms with Crippen LogP contribution in [0, 0.1) is 5.82 Å². The minimum absolute atomic E-state index is 0.201. The highest BCUT2D eigenvalue weighted by Crippen LogP contribution is 2.17. The van der Waals surface area contributed by atoms with Gasteiger partial charge in [0.1, 0.15) is 5.82 Å². The lowest BCUT2D eigenvalue weighted by Crippen LogP contribution is -2.49. The molecule has 0 bridgehead atoms. The van der Waals surface area contributed by atoms with Crippen molar-refractivity contribution in [2.75, 3.05) is 37.6 Å². The number of amides is 1. The predicted octanol–water partition coefficient (Wildman–Crippen LogP) is 2.72. The molecule has 1 aliphatic rings. The number of hydrogen-bond donors (Lipinski definition) is 1. The highest BCUT2D eigenvalue weighted by Gasteiger charge is 2.20. The summed E-state index contributed by atoms with van der Waals surface area (Å²) in [6, 6.07) is 8.63. The van der Waals surface area contributed by atoms with Crippen molar-refractivity contribution in [1.29, 1.82) is 0 Å². The molecule has 1 saturated heterocycles. The van der Waals surface area contributed by atoms with E-state index in [1.807, 2.05) is 4.90 Å². The van der Waals surface area contributed by atoms with Gasteiger partial charge in [-0.1, -0.05) is 0 Å². The number of anilines is 1. The molecule has 1 aromatic heterocycles. The number of nitrogens with one attached hydrogen (secondary N) is 1. The van der Waals surface area contributed by atoms with Gasteiger partial charge in [-0.15, -0.1) is 0 Å². The number of carbonyl (C=O) groups is 1. The van der Waals surface area contributed by atoms with Crippen LogP contribution in [0.2, 0.25) is 0 Å². The van der Waals surface area contributed by atoms with Gasteiger partial charge in [-0.2, -0.15) is 11.3 Å². The molecule has 1 aliphatic heterocycles. The second kappa shape index (κ2) is 8.26. The van der Waals surface area contributed by atoms with Crippen molar-refractivity contribution < 1.29 is 9.18 Å². The molecule has 0 aliphatic carbocycles. The quantitative estimate of drug-likeness (QED) is 0.816. The lowest BCUT2D eigenvalue weighted by Gasteiger charge is -2.36. The van der Waals surface area contributed by atoms with Crippen molar-refractivity contribution >= 4 is 22.9 Å². The molecule has 128 valence electrons. The van der Waals surface area contributed by atoms with Gasteiger partial charge in [0.25, 0.3) is 0 Å². The molecule has 24 heavy (non-hydrogen) atoms. The van der Waals surface area contributed by atoms with Crippen molar-refractivity contribution in [3.05, 3.63) is 52.5 Å². The summed E-state index contributed by atoms with van der Waals surface area (Å²) in [5.74, 6) is -0.0194. The maximum Gasteiger partial charge on any atom is 0.223 e. The zero-order chi connectivity index (χ0) is 16.8. The maximum atomic E-state index is 13.0. The molecular weight excluding hydrogens is 325 g/mol. The number of carbonyl (C=O) groups excluding carboxylic acids is 1. The molecule has 1 fully saturated rings. The van der Waals surface area contributed by atoms with E-state index in [0.29, 0.717) is 13.0 Å². The largest absolute Gasteiger partial charge is 0.368 e. The van der Waals surface area contributed by atoms with E-state index in [2.05, 4.69) is 27.0 Å². The molecule has 1 N–H and O–H groups in total. The Hall–Kier alpha value is -1.92. The minimum Gasteiger partial charge on any atom is -0.368 e. The van der Waals surface area contributed by atoms with Gasteiger partial charge in [-0.3, -0.25) is 4.79 Å². The molecule has 0 unspecified atom stereocenters. The fourth-order valence-electron chi connectivity index (χ4n) is 2.85. The summed E-state index contributed by atoms with van der Waals surface area (Å²) in [5, 5.41) is 7.48. The van der Waals surface area contributed by atoms with Crippen LogP contribution in [-0.2, 0) is 11.3 Å². The van der Waals surface area contributed by atoms with E-state index >= 15 is 0 Å². The fraction of sp³-hybridized carbons (Fsp3) is 0.389. The van der Waals surface area contributed by atoms with Crippen molar-refractivity contribution in [3.8, 4) is 0 Å². The van der Waals surface area contributed by atoms with Crippen LogP contribution in [0.4, 0.5) is 10.1 Å². The average molecular weight is 347 g/mol. The van der Waals surface area contributed by atoms with Crippen LogP contribution >= 0.6 is 11.3 Å². The maximum absolute atomic E-state index is 13.0. The Balaban J connectivity index is 1.37. The molecule has 0 radical (unpaired) electrons. The zero-order valence-corrected chi connectivity index (χ0v) is 14.4. The first-order valence-corrected chi connectivity index (χ1v) is 9.17. The van der Waals surface area contributed by atoms with Gasteiger partial charge < -0.3 is 15.1 Å². The number of benzene rings is 1. The summed E-state index contributed by atoms with van der Waals surface area (Å²) in [5.41, 5.74) is 2.28. The molecular formula is C18H22FN3OS. The number of rotatable bonds is 6. The third-order valence-corrected chi connectivity index (χ3v) is 4.98. The van der Waals surface area contributed by atoms with Crippen molar-refractivity contribution in [2.24, 2.45) is 0 Å². The summed E-state index contributed by atoms with van der Waals surface area (Å²) in [4.78, 5) is 16.4. The molecule has 1 amide bonds. The number of nitrogens with zero attached hydrogens (tertiary/aromatic N) is 2. The lowest BCUT2D eigenvalue weighted by atomic mass is 10.2. The smallest absolute Gasteiger partial charge is 0.223 e. The summed E-state index contributed by atoms with van der Waals surface area (Å²) >= 11 is 1.69. The Morgan fingerprint density at radius 1 is 1.12 bits per heavy atom. The molecule has 0 spiro atoms. The van der Waals surface area contributed by atoms with E-state index in [1.165, 1.54) is 17.7 Å².